The van der Waals surface area contributed by atoms with E-state index in [4.69, 9.17) is 24.1 Å². The summed E-state index contributed by atoms with van der Waals surface area (Å²) in [7, 11) is 0. The van der Waals surface area contributed by atoms with E-state index in [-0.39, 0.29) is 19.1 Å². The fourth-order valence-electron chi connectivity index (χ4n) is 3.45. The largest absolute Gasteiger partial charge is 0.490 e. The standard InChI is InChI=1S/C25H37NO7.C4H8O/c1-17-16-19(31-18-12-9-8-10-13-18)14-11-15-20(21(27)30-17)26(22(28)32-24(2,3)4)23(29)33-25(5,6)7;1-4(2)3-5/h8-10,12-13,17,19-20H,11,14-16H2,1-7H3;5H,1,3H2,2H3/t17?,19?,20-;/m0./s1. The van der Waals surface area contributed by atoms with Gasteiger partial charge < -0.3 is 24.1 Å². The quantitative estimate of drug-likeness (QED) is 0.282. The van der Waals surface area contributed by atoms with Gasteiger partial charge in [-0.3, -0.25) is 0 Å². The maximum absolute atomic E-state index is 13.1. The van der Waals surface area contributed by atoms with Crippen molar-refractivity contribution in [2.75, 3.05) is 6.61 Å². The SMILES string of the molecule is C=C(C)CO.CC1CC(Oc2ccccc2)CCC[C@H](N(C(=O)OC(C)(C)C)C(=O)OC(C)(C)C)C(=O)O1. The van der Waals surface area contributed by atoms with Crippen molar-refractivity contribution in [3.63, 3.8) is 0 Å². The molecule has 0 spiro atoms. The molecule has 2 unspecified atom stereocenters. The molecule has 3 atom stereocenters. The van der Waals surface area contributed by atoms with Gasteiger partial charge in [0.1, 0.15) is 35.2 Å². The molecule has 214 valence electrons. The minimum absolute atomic E-state index is 0.111. The lowest BCUT2D eigenvalue weighted by atomic mass is 10.0. The van der Waals surface area contributed by atoms with E-state index in [1.165, 1.54) is 0 Å². The number of imide groups is 1. The predicted molar refractivity (Wildman–Crippen MR) is 145 cm³/mol. The van der Waals surface area contributed by atoms with Gasteiger partial charge >= 0.3 is 18.2 Å². The Kier molecular flexibility index (Phi) is 12.8. The number of cyclic esters (lactones) is 1. The first-order valence-corrected chi connectivity index (χ1v) is 12.9. The first-order valence-electron chi connectivity index (χ1n) is 12.9. The molecule has 0 aliphatic carbocycles. The molecule has 1 aliphatic heterocycles. The molecule has 1 fully saturated rings. The Bertz CT molecular complexity index is 889. The minimum atomic E-state index is -1.16. The van der Waals surface area contributed by atoms with E-state index < -0.39 is 41.5 Å². The van der Waals surface area contributed by atoms with E-state index in [1.54, 1.807) is 55.4 Å². The van der Waals surface area contributed by atoms with Crippen LogP contribution in [0.2, 0.25) is 0 Å². The summed E-state index contributed by atoms with van der Waals surface area (Å²) >= 11 is 0. The van der Waals surface area contributed by atoms with Crippen LogP contribution in [0.1, 0.15) is 81.1 Å². The number of carbonyl (C=O) groups excluding carboxylic acids is 3. The Morgan fingerprint density at radius 1 is 1.03 bits per heavy atom. The number of para-hydroxylation sites is 1. The average Bonchev–Trinajstić information content (AvgIpc) is 2.82. The third-order valence-electron chi connectivity index (χ3n) is 5.00. The molecule has 1 aliphatic rings. The topological polar surface area (TPSA) is 112 Å². The molecular formula is C29H45NO8. The van der Waals surface area contributed by atoms with Crippen LogP contribution in [-0.4, -0.2) is 64.2 Å². The zero-order valence-corrected chi connectivity index (χ0v) is 24.1. The number of benzene rings is 1. The second-order valence-electron chi connectivity index (χ2n) is 11.4. The molecule has 2 rings (SSSR count). The molecule has 1 heterocycles. The van der Waals surface area contributed by atoms with Gasteiger partial charge in [-0.15, -0.1) is 0 Å². The van der Waals surface area contributed by atoms with Crippen LogP contribution in [-0.2, 0) is 19.0 Å². The molecule has 1 aromatic carbocycles. The summed E-state index contributed by atoms with van der Waals surface area (Å²) in [6, 6.07) is 8.28. The Morgan fingerprint density at radius 3 is 1.97 bits per heavy atom. The molecule has 1 saturated heterocycles. The summed E-state index contributed by atoms with van der Waals surface area (Å²) in [5, 5.41) is 8.04. The summed E-state index contributed by atoms with van der Waals surface area (Å²) in [6.07, 6.45) is -0.665. The summed E-state index contributed by atoms with van der Waals surface area (Å²) in [5.41, 5.74) is -0.909. The molecule has 9 nitrogen and oxygen atoms in total. The lowest BCUT2D eigenvalue weighted by Crippen LogP contribution is -2.52. The number of amides is 2. The Morgan fingerprint density at radius 2 is 1.53 bits per heavy atom. The van der Waals surface area contributed by atoms with Gasteiger partial charge in [0.15, 0.2) is 0 Å². The van der Waals surface area contributed by atoms with Crippen LogP contribution < -0.4 is 4.74 Å². The minimum Gasteiger partial charge on any atom is -0.490 e. The first-order chi connectivity index (χ1) is 17.5. The number of esters is 1. The van der Waals surface area contributed by atoms with Gasteiger partial charge in [-0.25, -0.2) is 14.4 Å². The lowest BCUT2D eigenvalue weighted by Gasteiger charge is -2.32. The number of nitrogens with zero attached hydrogens (tertiary/aromatic N) is 1. The number of carbonyl (C=O) groups is 3. The molecule has 0 radical (unpaired) electrons. The molecular weight excluding hydrogens is 490 g/mol. The van der Waals surface area contributed by atoms with Gasteiger partial charge in [-0.1, -0.05) is 30.4 Å². The zero-order chi connectivity index (χ0) is 29.1. The van der Waals surface area contributed by atoms with E-state index in [9.17, 15) is 14.4 Å². The van der Waals surface area contributed by atoms with Crippen molar-refractivity contribution >= 4 is 18.2 Å². The molecule has 1 N–H and O–H groups in total. The third-order valence-corrected chi connectivity index (χ3v) is 5.00. The van der Waals surface area contributed by atoms with Crippen LogP contribution in [0.15, 0.2) is 42.5 Å². The maximum Gasteiger partial charge on any atom is 0.420 e. The number of ether oxygens (including phenoxy) is 4. The van der Waals surface area contributed by atoms with Crippen molar-refractivity contribution in [2.24, 2.45) is 0 Å². The highest BCUT2D eigenvalue weighted by molar-refractivity contribution is 5.94. The molecule has 2 amide bonds. The van der Waals surface area contributed by atoms with E-state index in [0.29, 0.717) is 19.3 Å². The molecule has 0 saturated carbocycles. The Labute approximate surface area is 227 Å². The van der Waals surface area contributed by atoms with E-state index >= 15 is 0 Å². The number of aliphatic hydroxyl groups excluding tert-OH is 1. The fraction of sp³-hybridized carbons (Fsp3) is 0.621. The van der Waals surface area contributed by atoms with Crippen LogP contribution in [0.3, 0.4) is 0 Å². The fourth-order valence-corrected chi connectivity index (χ4v) is 3.45. The lowest BCUT2D eigenvalue weighted by molar-refractivity contribution is -0.155. The molecule has 38 heavy (non-hydrogen) atoms. The van der Waals surface area contributed by atoms with Gasteiger partial charge in [0, 0.05) is 6.42 Å². The second-order valence-corrected chi connectivity index (χ2v) is 11.4. The number of rotatable bonds is 4. The highest BCUT2D eigenvalue weighted by Crippen LogP contribution is 2.25. The number of hydrogen-bond acceptors (Lipinski definition) is 8. The van der Waals surface area contributed by atoms with E-state index in [0.717, 1.165) is 16.2 Å². The van der Waals surface area contributed by atoms with Gasteiger partial charge in [-0.05, 0) is 86.8 Å². The summed E-state index contributed by atoms with van der Waals surface area (Å²) in [6.45, 7) is 17.2. The monoisotopic (exact) mass is 535 g/mol. The van der Waals surface area contributed by atoms with Crippen LogP contribution in [0, 0.1) is 0 Å². The van der Waals surface area contributed by atoms with Gasteiger partial charge in [0.05, 0.1) is 6.61 Å². The average molecular weight is 536 g/mol. The van der Waals surface area contributed by atoms with Crippen LogP contribution in [0.5, 0.6) is 5.75 Å². The second kappa shape index (κ2) is 14.8. The van der Waals surface area contributed by atoms with Crippen molar-refractivity contribution in [1.82, 2.24) is 4.90 Å². The Balaban J connectivity index is 0.00000132. The van der Waals surface area contributed by atoms with Crippen molar-refractivity contribution in [3.8, 4) is 5.75 Å². The van der Waals surface area contributed by atoms with Crippen molar-refractivity contribution in [2.45, 2.75) is 111 Å². The molecule has 0 bridgehead atoms. The van der Waals surface area contributed by atoms with Crippen LogP contribution in [0.4, 0.5) is 9.59 Å². The first kappa shape index (κ1) is 33.0. The summed E-state index contributed by atoms with van der Waals surface area (Å²) in [4.78, 5) is 39.8. The van der Waals surface area contributed by atoms with Gasteiger partial charge in [0.25, 0.3) is 0 Å². The highest BCUT2D eigenvalue weighted by atomic mass is 16.6. The maximum atomic E-state index is 13.1. The Hall–Kier alpha value is -3.07. The molecule has 9 heteroatoms. The van der Waals surface area contributed by atoms with Crippen LogP contribution >= 0.6 is 0 Å². The smallest absolute Gasteiger partial charge is 0.420 e. The number of aliphatic hydroxyl groups is 1. The molecule has 1 aromatic rings. The van der Waals surface area contributed by atoms with Crippen molar-refractivity contribution < 1.29 is 38.4 Å². The molecule has 0 aromatic heterocycles. The van der Waals surface area contributed by atoms with E-state index in [1.807, 2.05) is 30.3 Å². The van der Waals surface area contributed by atoms with Crippen molar-refractivity contribution in [1.29, 1.82) is 0 Å². The predicted octanol–water partition coefficient (Wildman–Crippen LogP) is 6.04. The summed E-state index contributed by atoms with van der Waals surface area (Å²) in [5.74, 6) is 0.0699. The van der Waals surface area contributed by atoms with Gasteiger partial charge in [-0.2, -0.15) is 4.90 Å². The van der Waals surface area contributed by atoms with E-state index in [2.05, 4.69) is 6.58 Å². The van der Waals surface area contributed by atoms with Gasteiger partial charge in [0.2, 0.25) is 0 Å². The highest BCUT2D eigenvalue weighted by Gasteiger charge is 2.42. The zero-order valence-electron chi connectivity index (χ0n) is 24.1. The normalized spacial score (nSPS) is 20.2. The summed E-state index contributed by atoms with van der Waals surface area (Å²) < 4.78 is 22.5. The number of hydrogen-bond donors (Lipinski definition) is 1. The third kappa shape index (κ3) is 12.9. The van der Waals surface area contributed by atoms with Crippen molar-refractivity contribution in [3.05, 3.63) is 42.5 Å². The van der Waals surface area contributed by atoms with Crippen LogP contribution in [0.25, 0.3) is 0 Å².